The molecule has 1 nitrogen and oxygen atoms in total. The fourth-order valence-electron chi connectivity index (χ4n) is 2.69. The molecule has 1 aromatic carbocycles. The van der Waals surface area contributed by atoms with Gasteiger partial charge in [0.05, 0.1) is 5.41 Å². The van der Waals surface area contributed by atoms with Crippen molar-refractivity contribution in [3.63, 3.8) is 0 Å². The Morgan fingerprint density at radius 2 is 1.56 bits per heavy atom. The normalized spacial score (nSPS) is 20.1. The standard InChI is InChI=1S/C14H17FO/c15-13(16)14(10-6-1-2-7-11-14)12-8-4-3-5-9-12/h3-5,8-9H,1-2,6-7,10-11H2. The molecule has 1 aliphatic carbocycles. The largest absolute Gasteiger partial charge is 0.311 e. The SMILES string of the molecule is O=C(F)C1(c2ccccc2)CCCCCC1. The molecule has 1 aliphatic rings. The van der Waals surface area contributed by atoms with E-state index in [0.29, 0.717) is 12.8 Å². The van der Waals surface area contributed by atoms with Crippen molar-refractivity contribution in [3.8, 4) is 0 Å². The molecule has 16 heavy (non-hydrogen) atoms. The smallest absolute Gasteiger partial charge is 0.260 e. The van der Waals surface area contributed by atoms with Crippen LogP contribution in [0.3, 0.4) is 0 Å². The highest BCUT2D eigenvalue weighted by Gasteiger charge is 2.40. The van der Waals surface area contributed by atoms with E-state index in [1.165, 1.54) is 0 Å². The first-order valence-corrected chi connectivity index (χ1v) is 6.01. The summed E-state index contributed by atoms with van der Waals surface area (Å²) in [6.45, 7) is 0. The van der Waals surface area contributed by atoms with E-state index in [1.807, 2.05) is 30.3 Å². The van der Waals surface area contributed by atoms with Gasteiger partial charge in [0.2, 0.25) is 0 Å². The second-order valence-corrected chi connectivity index (χ2v) is 4.64. The van der Waals surface area contributed by atoms with Gasteiger partial charge in [-0.15, -0.1) is 0 Å². The molecule has 0 heterocycles. The van der Waals surface area contributed by atoms with Gasteiger partial charge in [-0.05, 0) is 18.4 Å². The number of rotatable bonds is 2. The molecule has 1 saturated carbocycles. The molecule has 1 aromatic rings. The molecule has 0 bridgehead atoms. The molecule has 2 rings (SSSR count). The van der Waals surface area contributed by atoms with Crippen molar-refractivity contribution >= 4 is 6.04 Å². The van der Waals surface area contributed by atoms with Gasteiger partial charge in [0.1, 0.15) is 0 Å². The molecule has 1 fully saturated rings. The number of hydrogen-bond donors (Lipinski definition) is 0. The lowest BCUT2D eigenvalue weighted by Gasteiger charge is -2.27. The van der Waals surface area contributed by atoms with E-state index in [1.54, 1.807) is 0 Å². The Hall–Kier alpha value is -1.18. The van der Waals surface area contributed by atoms with Crippen LogP contribution in [0, 0.1) is 0 Å². The second kappa shape index (κ2) is 4.77. The van der Waals surface area contributed by atoms with E-state index in [0.717, 1.165) is 31.2 Å². The second-order valence-electron chi connectivity index (χ2n) is 4.64. The Morgan fingerprint density at radius 3 is 2.06 bits per heavy atom. The lowest BCUT2D eigenvalue weighted by Crippen LogP contribution is -2.32. The number of carbonyl (C=O) groups is 1. The third-order valence-electron chi connectivity index (χ3n) is 3.66. The molecule has 0 spiro atoms. The zero-order chi connectivity index (χ0) is 11.4. The van der Waals surface area contributed by atoms with Gasteiger partial charge in [-0.25, -0.2) is 0 Å². The fraction of sp³-hybridized carbons (Fsp3) is 0.500. The van der Waals surface area contributed by atoms with E-state index in [4.69, 9.17) is 0 Å². The number of benzene rings is 1. The predicted octanol–water partition coefficient (Wildman–Crippen LogP) is 3.77. The molecular formula is C14H17FO. The molecule has 0 unspecified atom stereocenters. The van der Waals surface area contributed by atoms with Crippen molar-refractivity contribution in [2.75, 3.05) is 0 Å². The quantitative estimate of drug-likeness (QED) is 0.547. The third kappa shape index (κ3) is 2.01. The van der Waals surface area contributed by atoms with Crippen molar-refractivity contribution in [1.82, 2.24) is 0 Å². The number of hydrogen-bond acceptors (Lipinski definition) is 1. The lowest BCUT2D eigenvalue weighted by atomic mass is 9.75. The molecule has 0 aromatic heterocycles. The van der Waals surface area contributed by atoms with Crippen LogP contribution >= 0.6 is 0 Å². The van der Waals surface area contributed by atoms with E-state index in [9.17, 15) is 9.18 Å². The van der Waals surface area contributed by atoms with Gasteiger partial charge < -0.3 is 0 Å². The number of halogens is 1. The van der Waals surface area contributed by atoms with Crippen LogP contribution < -0.4 is 0 Å². The summed E-state index contributed by atoms with van der Waals surface area (Å²) in [6, 6.07) is 8.26. The minimum atomic E-state index is -1.15. The van der Waals surface area contributed by atoms with E-state index >= 15 is 0 Å². The van der Waals surface area contributed by atoms with Crippen LogP contribution in [-0.4, -0.2) is 6.04 Å². The zero-order valence-electron chi connectivity index (χ0n) is 9.42. The van der Waals surface area contributed by atoms with Gasteiger partial charge >= 0.3 is 6.04 Å². The molecule has 0 atom stereocenters. The molecule has 0 amide bonds. The molecule has 0 N–H and O–H groups in total. The van der Waals surface area contributed by atoms with Crippen LogP contribution in [0.5, 0.6) is 0 Å². The summed E-state index contributed by atoms with van der Waals surface area (Å²) >= 11 is 0. The van der Waals surface area contributed by atoms with Gasteiger partial charge in [-0.2, -0.15) is 4.39 Å². The summed E-state index contributed by atoms with van der Waals surface area (Å²) < 4.78 is 13.5. The van der Waals surface area contributed by atoms with Crippen LogP contribution in [0.25, 0.3) is 0 Å². The lowest BCUT2D eigenvalue weighted by molar-refractivity contribution is -0.136. The topological polar surface area (TPSA) is 17.1 Å². The summed E-state index contributed by atoms with van der Waals surface area (Å²) in [7, 11) is 0. The maximum absolute atomic E-state index is 13.5. The fourth-order valence-corrected chi connectivity index (χ4v) is 2.69. The third-order valence-corrected chi connectivity index (χ3v) is 3.66. The summed E-state index contributed by atoms with van der Waals surface area (Å²) in [4.78, 5) is 11.4. The molecular weight excluding hydrogens is 203 g/mol. The maximum atomic E-state index is 13.5. The highest BCUT2D eigenvalue weighted by atomic mass is 19.1. The van der Waals surface area contributed by atoms with Crippen LogP contribution in [0.2, 0.25) is 0 Å². The van der Waals surface area contributed by atoms with Gasteiger partial charge in [0.15, 0.2) is 0 Å². The van der Waals surface area contributed by atoms with Crippen molar-refractivity contribution in [2.45, 2.75) is 43.9 Å². The van der Waals surface area contributed by atoms with Crippen molar-refractivity contribution in [2.24, 2.45) is 0 Å². The Morgan fingerprint density at radius 1 is 1.00 bits per heavy atom. The zero-order valence-corrected chi connectivity index (χ0v) is 9.42. The highest BCUT2D eigenvalue weighted by Crippen LogP contribution is 2.39. The summed E-state index contributed by atoms with van der Waals surface area (Å²) in [5.41, 5.74) is 0.00185. The van der Waals surface area contributed by atoms with Gasteiger partial charge in [-0.3, -0.25) is 4.79 Å². The van der Waals surface area contributed by atoms with Crippen LogP contribution in [0.1, 0.15) is 44.1 Å². The first-order valence-electron chi connectivity index (χ1n) is 6.01. The molecule has 0 saturated heterocycles. The summed E-state index contributed by atoms with van der Waals surface area (Å²) in [5.74, 6) is 0. The monoisotopic (exact) mass is 220 g/mol. The van der Waals surface area contributed by atoms with Crippen LogP contribution in [0.4, 0.5) is 4.39 Å². The Balaban J connectivity index is 2.38. The molecule has 0 radical (unpaired) electrons. The minimum absolute atomic E-state index is 0.659. The first kappa shape index (κ1) is 11.3. The molecule has 86 valence electrons. The van der Waals surface area contributed by atoms with E-state index in [-0.39, 0.29) is 0 Å². The van der Waals surface area contributed by atoms with Crippen molar-refractivity contribution in [3.05, 3.63) is 35.9 Å². The summed E-state index contributed by atoms with van der Waals surface area (Å²) in [6.07, 6.45) is 5.44. The van der Waals surface area contributed by atoms with Gasteiger partial charge in [0.25, 0.3) is 0 Å². The van der Waals surface area contributed by atoms with Crippen LogP contribution in [0.15, 0.2) is 30.3 Å². The van der Waals surface area contributed by atoms with Crippen LogP contribution in [-0.2, 0) is 10.2 Å². The highest BCUT2D eigenvalue weighted by molar-refractivity contribution is 5.82. The van der Waals surface area contributed by atoms with Gasteiger partial charge in [-0.1, -0.05) is 56.0 Å². The first-order chi connectivity index (χ1) is 7.76. The van der Waals surface area contributed by atoms with E-state index < -0.39 is 11.5 Å². The average molecular weight is 220 g/mol. The maximum Gasteiger partial charge on any atom is 0.311 e. The Labute approximate surface area is 95.7 Å². The Bertz CT molecular complexity index is 350. The number of carbonyl (C=O) groups excluding carboxylic acids is 1. The van der Waals surface area contributed by atoms with Gasteiger partial charge in [0, 0.05) is 0 Å². The van der Waals surface area contributed by atoms with E-state index in [2.05, 4.69) is 0 Å². The van der Waals surface area contributed by atoms with Crippen molar-refractivity contribution < 1.29 is 9.18 Å². The molecule has 2 heteroatoms. The summed E-state index contributed by atoms with van der Waals surface area (Å²) in [5, 5.41) is 0. The van der Waals surface area contributed by atoms with Crippen molar-refractivity contribution in [1.29, 1.82) is 0 Å². The Kier molecular flexibility index (Phi) is 3.37. The molecule has 0 aliphatic heterocycles. The minimum Gasteiger partial charge on any atom is -0.260 e. The predicted molar refractivity (Wildman–Crippen MR) is 61.9 cm³/mol. The average Bonchev–Trinajstić information content (AvgIpc) is 2.56.